The molecule has 0 unspecified atom stereocenters. The second-order valence-corrected chi connectivity index (χ2v) is 4.68. The number of nitrogens with zero attached hydrogens (tertiary/aromatic N) is 1. The first-order valence-corrected chi connectivity index (χ1v) is 6.22. The van der Waals surface area contributed by atoms with Gasteiger partial charge >= 0.3 is 0 Å². The summed E-state index contributed by atoms with van der Waals surface area (Å²) < 4.78 is 5.61. The molecule has 0 bridgehead atoms. The van der Waals surface area contributed by atoms with Gasteiger partial charge in [0, 0.05) is 7.05 Å². The number of aliphatic hydroxyl groups excluding tert-OH is 1. The van der Waals surface area contributed by atoms with Crippen molar-refractivity contribution >= 4 is 5.91 Å². The molecule has 0 spiro atoms. The first kappa shape index (κ1) is 13.1. The van der Waals surface area contributed by atoms with Crippen molar-refractivity contribution in [3.8, 4) is 0 Å². The van der Waals surface area contributed by atoms with Gasteiger partial charge in [0.1, 0.15) is 0 Å². The van der Waals surface area contributed by atoms with Crippen molar-refractivity contribution in [2.45, 2.75) is 25.5 Å². The maximum absolute atomic E-state index is 12.4. The van der Waals surface area contributed by atoms with Gasteiger partial charge in [-0.3, -0.25) is 4.79 Å². The van der Waals surface area contributed by atoms with Gasteiger partial charge in [0.15, 0.2) is 6.10 Å². The zero-order valence-corrected chi connectivity index (χ0v) is 10.8. The normalized spacial score (nSPS) is 20.1. The summed E-state index contributed by atoms with van der Waals surface area (Å²) in [5, 5.41) is 9.11. The average molecular weight is 249 g/mol. The molecule has 2 atom stereocenters. The third-order valence-corrected chi connectivity index (χ3v) is 3.49. The van der Waals surface area contributed by atoms with Crippen LogP contribution in [0.3, 0.4) is 0 Å². The Bertz CT molecular complexity index is 433. The number of carbonyl (C=O) groups is 1. The molecule has 1 amide bonds. The van der Waals surface area contributed by atoms with Gasteiger partial charge < -0.3 is 14.7 Å². The van der Waals surface area contributed by atoms with E-state index in [2.05, 4.69) is 0 Å². The van der Waals surface area contributed by atoms with E-state index in [0.717, 1.165) is 12.0 Å². The molecular formula is C14H19NO3. The van der Waals surface area contributed by atoms with Gasteiger partial charge in [-0.15, -0.1) is 0 Å². The van der Waals surface area contributed by atoms with E-state index < -0.39 is 6.10 Å². The highest BCUT2D eigenvalue weighted by Gasteiger charge is 2.30. The van der Waals surface area contributed by atoms with E-state index in [4.69, 9.17) is 9.84 Å². The molecule has 0 saturated heterocycles. The molecule has 2 rings (SSSR count). The summed E-state index contributed by atoms with van der Waals surface area (Å²) in [5.41, 5.74) is 2.12. The highest BCUT2D eigenvalue weighted by atomic mass is 16.5. The van der Waals surface area contributed by atoms with Crippen molar-refractivity contribution in [1.29, 1.82) is 0 Å². The summed E-state index contributed by atoms with van der Waals surface area (Å²) >= 11 is 0. The Hall–Kier alpha value is -1.39. The smallest absolute Gasteiger partial charge is 0.256 e. The van der Waals surface area contributed by atoms with Crippen molar-refractivity contribution in [1.82, 2.24) is 4.90 Å². The number of hydrogen-bond donors (Lipinski definition) is 1. The molecule has 0 aliphatic carbocycles. The zero-order chi connectivity index (χ0) is 13.1. The second-order valence-electron chi connectivity index (χ2n) is 4.68. The van der Waals surface area contributed by atoms with Crippen LogP contribution in [0.1, 0.15) is 24.2 Å². The van der Waals surface area contributed by atoms with Crippen LogP contribution in [-0.2, 0) is 16.0 Å². The van der Waals surface area contributed by atoms with Crippen molar-refractivity contribution in [2.75, 3.05) is 20.3 Å². The number of carbonyl (C=O) groups excluding carboxylic acids is 1. The van der Waals surface area contributed by atoms with Crippen molar-refractivity contribution < 1.29 is 14.6 Å². The molecule has 1 aliphatic heterocycles. The third kappa shape index (κ3) is 2.40. The van der Waals surface area contributed by atoms with Gasteiger partial charge in [-0.1, -0.05) is 24.3 Å². The van der Waals surface area contributed by atoms with Crippen LogP contribution in [0.2, 0.25) is 0 Å². The number of benzene rings is 1. The van der Waals surface area contributed by atoms with Gasteiger partial charge in [-0.2, -0.15) is 0 Å². The minimum absolute atomic E-state index is 0.0450. The Balaban J connectivity index is 2.22. The first-order chi connectivity index (χ1) is 8.65. The molecule has 18 heavy (non-hydrogen) atoms. The van der Waals surface area contributed by atoms with E-state index in [-0.39, 0.29) is 18.6 Å². The maximum Gasteiger partial charge on any atom is 0.256 e. The van der Waals surface area contributed by atoms with Crippen LogP contribution in [0.15, 0.2) is 24.3 Å². The van der Waals surface area contributed by atoms with Gasteiger partial charge in [0.2, 0.25) is 0 Å². The number of hydrogen-bond acceptors (Lipinski definition) is 3. The number of ether oxygens (including phenoxy) is 1. The maximum atomic E-state index is 12.4. The van der Waals surface area contributed by atoms with Gasteiger partial charge in [-0.25, -0.2) is 0 Å². The lowest BCUT2D eigenvalue weighted by atomic mass is 9.96. The lowest BCUT2D eigenvalue weighted by molar-refractivity contribution is -0.146. The van der Waals surface area contributed by atoms with E-state index in [1.807, 2.05) is 31.2 Å². The lowest BCUT2D eigenvalue weighted by Crippen LogP contribution is -2.42. The Kier molecular flexibility index (Phi) is 3.99. The Morgan fingerprint density at radius 2 is 2.28 bits per heavy atom. The molecule has 4 nitrogen and oxygen atoms in total. The second kappa shape index (κ2) is 5.50. The van der Waals surface area contributed by atoms with E-state index in [1.54, 1.807) is 11.9 Å². The van der Waals surface area contributed by atoms with E-state index in [1.165, 1.54) is 5.56 Å². The van der Waals surface area contributed by atoms with Crippen LogP contribution < -0.4 is 0 Å². The Morgan fingerprint density at radius 3 is 3.00 bits per heavy atom. The molecule has 0 radical (unpaired) electrons. The third-order valence-electron chi connectivity index (χ3n) is 3.49. The fourth-order valence-electron chi connectivity index (χ4n) is 2.12. The van der Waals surface area contributed by atoms with Gasteiger partial charge in [-0.05, 0) is 24.5 Å². The van der Waals surface area contributed by atoms with Crippen molar-refractivity contribution in [2.24, 2.45) is 0 Å². The fourth-order valence-corrected chi connectivity index (χ4v) is 2.12. The summed E-state index contributed by atoms with van der Waals surface area (Å²) in [6, 6.07) is 7.67. The zero-order valence-electron chi connectivity index (χ0n) is 10.8. The van der Waals surface area contributed by atoms with E-state index in [9.17, 15) is 4.79 Å². The van der Waals surface area contributed by atoms with Gasteiger partial charge in [0.05, 0.1) is 19.3 Å². The number of amides is 1. The molecule has 1 aromatic carbocycles. The topological polar surface area (TPSA) is 49.8 Å². The molecule has 1 N–H and O–H groups in total. The van der Waals surface area contributed by atoms with Crippen molar-refractivity contribution in [3.63, 3.8) is 0 Å². The summed E-state index contributed by atoms with van der Waals surface area (Å²) in [4.78, 5) is 13.9. The monoisotopic (exact) mass is 249 g/mol. The van der Waals surface area contributed by atoms with Crippen molar-refractivity contribution in [3.05, 3.63) is 35.4 Å². The summed E-state index contributed by atoms with van der Waals surface area (Å²) in [7, 11) is 1.70. The SMILES string of the molecule is C[C@H](CO)N(C)C(=O)[C@H]1OCCc2ccccc21. The molecule has 1 aromatic rings. The molecular weight excluding hydrogens is 230 g/mol. The number of rotatable bonds is 3. The Morgan fingerprint density at radius 1 is 1.56 bits per heavy atom. The highest BCUT2D eigenvalue weighted by Crippen LogP contribution is 2.28. The molecule has 0 saturated carbocycles. The largest absolute Gasteiger partial charge is 0.394 e. The summed E-state index contributed by atoms with van der Waals surface area (Å²) in [6.07, 6.45) is 0.313. The number of aliphatic hydroxyl groups is 1. The molecule has 1 aliphatic rings. The highest BCUT2D eigenvalue weighted by molar-refractivity contribution is 5.83. The molecule has 4 heteroatoms. The molecule has 0 aromatic heterocycles. The lowest BCUT2D eigenvalue weighted by Gasteiger charge is -2.31. The summed E-state index contributed by atoms with van der Waals surface area (Å²) in [6.45, 7) is 2.33. The van der Waals surface area contributed by atoms with E-state index in [0.29, 0.717) is 6.61 Å². The fraction of sp³-hybridized carbons (Fsp3) is 0.500. The van der Waals surface area contributed by atoms with E-state index >= 15 is 0 Å². The minimum atomic E-state index is -0.533. The van der Waals surface area contributed by atoms with Crippen LogP contribution >= 0.6 is 0 Å². The number of fused-ring (bicyclic) bond motifs is 1. The molecule has 0 fully saturated rings. The standard InChI is InChI=1S/C14H19NO3/c1-10(9-16)15(2)14(17)13-12-6-4-3-5-11(12)7-8-18-13/h3-6,10,13,16H,7-9H2,1-2H3/t10-,13+/m1/s1. The van der Waals surface area contributed by atoms with Crippen LogP contribution in [0.25, 0.3) is 0 Å². The quantitative estimate of drug-likeness (QED) is 0.874. The minimum Gasteiger partial charge on any atom is -0.394 e. The van der Waals surface area contributed by atoms with Gasteiger partial charge in [0.25, 0.3) is 5.91 Å². The number of likely N-dealkylation sites (N-methyl/N-ethyl adjacent to an activating group) is 1. The summed E-state index contributed by atoms with van der Waals surface area (Å²) in [5.74, 6) is -0.0938. The predicted octanol–water partition coefficient (Wildman–Crippen LogP) is 1.14. The average Bonchev–Trinajstić information content (AvgIpc) is 2.44. The van der Waals surface area contributed by atoms with Crippen LogP contribution in [-0.4, -0.2) is 42.2 Å². The van der Waals surface area contributed by atoms with Crippen LogP contribution in [0.4, 0.5) is 0 Å². The molecule has 98 valence electrons. The predicted molar refractivity (Wildman–Crippen MR) is 68.2 cm³/mol. The van der Waals surface area contributed by atoms with Crippen LogP contribution in [0.5, 0.6) is 0 Å². The molecule has 1 heterocycles. The first-order valence-electron chi connectivity index (χ1n) is 6.22. The van der Waals surface area contributed by atoms with Crippen LogP contribution in [0, 0.1) is 0 Å². The Labute approximate surface area is 107 Å².